The van der Waals surface area contributed by atoms with Gasteiger partial charge in [0.15, 0.2) is 0 Å². The number of aliphatic hydroxyl groups excluding tert-OH is 1. The summed E-state index contributed by atoms with van der Waals surface area (Å²) in [6, 6.07) is 7.96. The number of aromatic amines is 1. The Labute approximate surface area is 131 Å². The van der Waals surface area contributed by atoms with Crippen LogP contribution < -0.4 is 10.6 Å². The molecule has 0 aliphatic rings. The summed E-state index contributed by atoms with van der Waals surface area (Å²) in [7, 11) is 0. The Balaban J connectivity index is 1.81. The Morgan fingerprint density at radius 2 is 2.09 bits per heavy atom. The molecular formula is C17H25N3O2. The molecule has 5 heteroatoms. The first-order chi connectivity index (χ1) is 10.6. The van der Waals surface area contributed by atoms with Crippen LogP contribution in [0.4, 0.5) is 4.79 Å². The quantitative estimate of drug-likeness (QED) is 0.634. The monoisotopic (exact) mass is 303 g/mol. The van der Waals surface area contributed by atoms with Crippen LogP contribution in [0, 0.1) is 5.92 Å². The van der Waals surface area contributed by atoms with Crippen molar-refractivity contribution in [1.29, 1.82) is 0 Å². The zero-order chi connectivity index (χ0) is 15.9. The van der Waals surface area contributed by atoms with Crippen molar-refractivity contribution in [1.82, 2.24) is 15.6 Å². The number of hydrogen-bond acceptors (Lipinski definition) is 2. The Bertz CT molecular complexity index is 607. The van der Waals surface area contributed by atoms with Gasteiger partial charge in [-0.1, -0.05) is 32.0 Å². The molecule has 2 aromatic rings. The lowest BCUT2D eigenvalue weighted by Gasteiger charge is -2.21. The number of H-pyrrole nitrogens is 1. The van der Waals surface area contributed by atoms with E-state index in [4.69, 9.17) is 5.11 Å². The van der Waals surface area contributed by atoms with E-state index in [-0.39, 0.29) is 18.7 Å². The van der Waals surface area contributed by atoms with E-state index in [9.17, 15) is 4.79 Å². The summed E-state index contributed by atoms with van der Waals surface area (Å²) >= 11 is 0. The highest BCUT2D eigenvalue weighted by Gasteiger charge is 2.15. The Kier molecular flexibility index (Phi) is 5.83. The molecule has 2 rings (SSSR count). The summed E-state index contributed by atoms with van der Waals surface area (Å²) < 4.78 is 0. The molecule has 4 N–H and O–H groups in total. The molecule has 1 heterocycles. The van der Waals surface area contributed by atoms with E-state index in [1.165, 1.54) is 10.9 Å². The lowest BCUT2D eigenvalue weighted by molar-refractivity contribution is 0.219. The number of benzene rings is 1. The highest BCUT2D eigenvalue weighted by atomic mass is 16.3. The molecule has 1 unspecified atom stereocenters. The normalized spacial score (nSPS) is 12.5. The molecule has 22 heavy (non-hydrogen) atoms. The molecule has 0 bridgehead atoms. The molecule has 120 valence electrons. The zero-order valence-electron chi connectivity index (χ0n) is 13.2. The lowest BCUT2D eigenvalue weighted by Crippen LogP contribution is -2.45. The maximum atomic E-state index is 11.9. The Morgan fingerprint density at radius 3 is 2.82 bits per heavy atom. The average Bonchev–Trinajstić information content (AvgIpc) is 2.90. The lowest BCUT2D eigenvalue weighted by atomic mass is 10.0. The first-order valence-electron chi connectivity index (χ1n) is 7.82. The average molecular weight is 303 g/mol. The van der Waals surface area contributed by atoms with Gasteiger partial charge in [0.05, 0.1) is 0 Å². The minimum absolute atomic E-state index is 0.00177. The van der Waals surface area contributed by atoms with Gasteiger partial charge in [-0.3, -0.25) is 0 Å². The first-order valence-corrected chi connectivity index (χ1v) is 7.82. The van der Waals surface area contributed by atoms with Crippen LogP contribution in [0.15, 0.2) is 30.5 Å². The fourth-order valence-electron chi connectivity index (χ4n) is 2.58. The van der Waals surface area contributed by atoms with Gasteiger partial charge >= 0.3 is 6.03 Å². The van der Waals surface area contributed by atoms with Crippen LogP contribution in [0.2, 0.25) is 0 Å². The number of carbonyl (C=O) groups excluding carboxylic acids is 1. The second-order valence-corrected chi connectivity index (χ2v) is 5.87. The van der Waals surface area contributed by atoms with Crippen molar-refractivity contribution in [2.24, 2.45) is 5.92 Å². The maximum absolute atomic E-state index is 11.9. The van der Waals surface area contributed by atoms with Crippen molar-refractivity contribution in [3.63, 3.8) is 0 Å². The molecule has 0 fully saturated rings. The van der Waals surface area contributed by atoms with Crippen LogP contribution in [0.3, 0.4) is 0 Å². The topological polar surface area (TPSA) is 77.2 Å². The summed E-state index contributed by atoms with van der Waals surface area (Å²) in [5, 5.41) is 16.0. The van der Waals surface area contributed by atoms with E-state index in [0.29, 0.717) is 18.9 Å². The number of rotatable bonds is 7. The van der Waals surface area contributed by atoms with Gasteiger partial charge in [0, 0.05) is 36.3 Å². The zero-order valence-corrected chi connectivity index (χ0v) is 13.2. The van der Waals surface area contributed by atoms with Crippen molar-refractivity contribution in [3.05, 3.63) is 36.0 Å². The Morgan fingerprint density at radius 1 is 1.32 bits per heavy atom. The van der Waals surface area contributed by atoms with Gasteiger partial charge in [-0.2, -0.15) is 0 Å². The van der Waals surface area contributed by atoms with Gasteiger partial charge in [0.1, 0.15) is 0 Å². The third kappa shape index (κ3) is 4.24. The number of hydrogen-bond donors (Lipinski definition) is 4. The summed E-state index contributed by atoms with van der Waals surface area (Å²) in [4.78, 5) is 15.1. The van der Waals surface area contributed by atoms with Crippen molar-refractivity contribution < 1.29 is 9.90 Å². The third-order valence-corrected chi connectivity index (χ3v) is 3.92. The van der Waals surface area contributed by atoms with Crippen LogP contribution in [-0.4, -0.2) is 35.3 Å². The molecule has 2 amide bonds. The largest absolute Gasteiger partial charge is 0.396 e. The van der Waals surface area contributed by atoms with Gasteiger partial charge in [-0.25, -0.2) is 4.79 Å². The molecule has 1 aromatic heterocycles. The summed E-state index contributed by atoms with van der Waals surface area (Å²) in [6.45, 7) is 4.73. The third-order valence-electron chi connectivity index (χ3n) is 3.92. The first kappa shape index (κ1) is 16.4. The fraction of sp³-hybridized carbons (Fsp3) is 0.471. The van der Waals surface area contributed by atoms with Gasteiger partial charge < -0.3 is 20.7 Å². The van der Waals surface area contributed by atoms with E-state index in [1.54, 1.807) is 0 Å². The summed E-state index contributed by atoms with van der Waals surface area (Å²) in [6.07, 6.45) is 3.35. The van der Waals surface area contributed by atoms with E-state index in [2.05, 4.69) is 21.7 Å². The van der Waals surface area contributed by atoms with Crippen molar-refractivity contribution in [3.8, 4) is 0 Å². The SMILES string of the molecule is CC(C)C(CCO)NC(=O)NCCc1c[nH]c2ccccc12. The van der Waals surface area contributed by atoms with Crippen LogP contribution in [0.25, 0.3) is 10.9 Å². The molecule has 0 radical (unpaired) electrons. The number of amides is 2. The molecule has 1 atom stereocenters. The fourth-order valence-corrected chi connectivity index (χ4v) is 2.58. The molecule has 5 nitrogen and oxygen atoms in total. The predicted molar refractivity (Wildman–Crippen MR) is 88.9 cm³/mol. The highest BCUT2D eigenvalue weighted by Crippen LogP contribution is 2.17. The molecular weight excluding hydrogens is 278 g/mol. The van der Waals surface area contributed by atoms with Gasteiger partial charge in [0.25, 0.3) is 0 Å². The molecule has 0 aliphatic heterocycles. The van der Waals surface area contributed by atoms with E-state index < -0.39 is 0 Å². The smallest absolute Gasteiger partial charge is 0.315 e. The van der Waals surface area contributed by atoms with Gasteiger partial charge in [0.2, 0.25) is 0 Å². The molecule has 0 saturated heterocycles. The number of fused-ring (bicyclic) bond motifs is 1. The van der Waals surface area contributed by atoms with E-state index in [1.807, 2.05) is 38.2 Å². The van der Waals surface area contributed by atoms with Crippen LogP contribution in [0.1, 0.15) is 25.8 Å². The maximum Gasteiger partial charge on any atom is 0.315 e. The number of aromatic nitrogens is 1. The Hall–Kier alpha value is -2.01. The van der Waals surface area contributed by atoms with Crippen molar-refractivity contribution in [2.45, 2.75) is 32.7 Å². The second-order valence-electron chi connectivity index (χ2n) is 5.87. The molecule has 0 aliphatic carbocycles. The molecule has 0 spiro atoms. The summed E-state index contributed by atoms with van der Waals surface area (Å²) in [5.41, 5.74) is 2.32. The number of carbonyl (C=O) groups is 1. The number of aliphatic hydroxyl groups is 1. The number of para-hydroxylation sites is 1. The van der Waals surface area contributed by atoms with Crippen LogP contribution in [0.5, 0.6) is 0 Å². The number of nitrogens with one attached hydrogen (secondary N) is 3. The second kappa shape index (κ2) is 7.84. The standard InChI is InChI=1S/C17H25N3O2/c1-12(2)15(8-10-21)20-17(22)18-9-7-13-11-19-16-6-4-3-5-14(13)16/h3-6,11-12,15,19,21H,7-10H2,1-2H3,(H2,18,20,22). The van der Waals surface area contributed by atoms with Crippen molar-refractivity contribution >= 4 is 16.9 Å². The van der Waals surface area contributed by atoms with Gasteiger partial charge in [-0.15, -0.1) is 0 Å². The minimum Gasteiger partial charge on any atom is -0.396 e. The molecule has 1 aromatic carbocycles. The molecule has 0 saturated carbocycles. The van der Waals surface area contributed by atoms with E-state index in [0.717, 1.165) is 11.9 Å². The minimum atomic E-state index is -0.174. The van der Waals surface area contributed by atoms with Gasteiger partial charge in [-0.05, 0) is 30.4 Å². The predicted octanol–water partition coefficient (Wildman–Crippen LogP) is 2.42. The van der Waals surface area contributed by atoms with Crippen LogP contribution >= 0.6 is 0 Å². The highest BCUT2D eigenvalue weighted by molar-refractivity contribution is 5.83. The summed E-state index contributed by atoms with van der Waals surface area (Å²) in [5.74, 6) is 0.298. The number of urea groups is 1. The van der Waals surface area contributed by atoms with E-state index >= 15 is 0 Å². The van der Waals surface area contributed by atoms with Crippen LogP contribution in [-0.2, 0) is 6.42 Å². The van der Waals surface area contributed by atoms with Crippen molar-refractivity contribution in [2.75, 3.05) is 13.2 Å².